The van der Waals surface area contributed by atoms with Crippen molar-refractivity contribution in [3.05, 3.63) is 130 Å². The van der Waals surface area contributed by atoms with Gasteiger partial charge in [0.1, 0.15) is 17.9 Å². The molecule has 7 heteroatoms. The minimum absolute atomic E-state index is 0.0318. The molecule has 1 saturated heterocycles. The van der Waals surface area contributed by atoms with Crippen LogP contribution in [0.2, 0.25) is 5.02 Å². The third-order valence-electron chi connectivity index (χ3n) is 6.06. The molecule has 2 amide bonds. The largest absolute Gasteiger partial charge is 0.487 e. The number of aryl methyl sites for hydroxylation is 1. The molecule has 0 bridgehead atoms. The van der Waals surface area contributed by atoms with Gasteiger partial charge in [-0.1, -0.05) is 83.9 Å². The van der Waals surface area contributed by atoms with Gasteiger partial charge in [0.25, 0.3) is 11.8 Å². The van der Waals surface area contributed by atoms with Crippen molar-refractivity contribution in [2.75, 3.05) is 9.80 Å². The van der Waals surface area contributed by atoms with Crippen LogP contribution < -0.4 is 14.5 Å². The van der Waals surface area contributed by atoms with E-state index < -0.39 is 11.8 Å². The van der Waals surface area contributed by atoms with E-state index in [1.165, 1.54) is 21.4 Å². The lowest BCUT2D eigenvalue weighted by molar-refractivity contribution is -0.120. The Bertz CT molecular complexity index is 1470. The van der Waals surface area contributed by atoms with Crippen LogP contribution in [-0.2, 0) is 16.2 Å². The van der Waals surface area contributed by atoms with Gasteiger partial charge in [0, 0.05) is 0 Å². The lowest BCUT2D eigenvalue weighted by Crippen LogP contribution is -2.56. The van der Waals surface area contributed by atoms with Crippen LogP contribution in [0.15, 0.2) is 109 Å². The summed E-state index contributed by atoms with van der Waals surface area (Å²) in [4.78, 5) is 30.0. The van der Waals surface area contributed by atoms with E-state index in [4.69, 9.17) is 28.6 Å². The summed E-state index contributed by atoms with van der Waals surface area (Å²) in [6.45, 7) is 2.40. The van der Waals surface area contributed by atoms with Gasteiger partial charge in [0.2, 0.25) is 0 Å². The van der Waals surface area contributed by atoms with Gasteiger partial charge in [-0.2, -0.15) is 0 Å². The van der Waals surface area contributed by atoms with E-state index in [-0.39, 0.29) is 10.7 Å². The standard InChI is InChI=1S/C31H23ClN2O3S/c1-21-12-14-22(15-13-21)20-37-28-17-16-23(19-27(28)32)18-26-29(35)33(24-8-4-2-5-9-24)31(38)34(30(26)36)25-10-6-3-7-11-25/h2-19H,20H2,1H3. The maximum Gasteiger partial charge on any atom is 0.270 e. The summed E-state index contributed by atoms with van der Waals surface area (Å²) in [5, 5.41) is 0.463. The fourth-order valence-electron chi connectivity index (χ4n) is 4.08. The molecule has 0 saturated carbocycles. The number of hydrogen-bond acceptors (Lipinski definition) is 4. The van der Waals surface area contributed by atoms with Crippen molar-refractivity contribution in [2.24, 2.45) is 0 Å². The molecule has 188 valence electrons. The first-order chi connectivity index (χ1) is 18.4. The molecule has 5 nitrogen and oxygen atoms in total. The Morgan fingerprint density at radius 2 is 1.34 bits per heavy atom. The van der Waals surface area contributed by atoms with E-state index >= 15 is 0 Å². The molecule has 5 rings (SSSR count). The minimum atomic E-state index is -0.505. The number of nitrogens with zero attached hydrogens (tertiary/aromatic N) is 2. The molecule has 0 radical (unpaired) electrons. The molecule has 1 heterocycles. The molecular weight excluding hydrogens is 516 g/mol. The number of carbonyl (C=O) groups excluding carboxylic acids is 2. The van der Waals surface area contributed by atoms with Gasteiger partial charge < -0.3 is 4.74 Å². The highest BCUT2D eigenvalue weighted by atomic mass is 35.5. The molecule has 4 aromatic carbocycles. The molecule has 1 aliphatic heterocycles. The molecule has 0 unspecified atom stereocenters. The minimum Gasteiger partial charge on any atom is -0.487 e. The van der Waals surface area contributed by atoms with Crippen LogP contribution in [-0.4, -0.2) is 16.9 Å². The second-order valence-electron chi connectivity index (χ2n) is 8.76. The summed E-state index contributed by atoms with van der Waals surface area (Å²) in [5.74, 6) is -0.503. The lowest BCUT2D eigenvalue weighted by Gasteiger charge is -2.36. The van der Waals surface area contributed by atoms with E-state index in [0.717, 1.165) is 5.56 Å². The van der Waals surface area contributed by atoms with Gasteiger partial charge >= 0.3 is 0 Å². The van der Waals surface area contributed by atoms with Crippen molar-refractivity contribution in [2.45, 2.75) is 13.5 Å². The van der Waals surface area contributed by atoms with Crippen LogP contribution in [0.4, 0.5) is 11.4 Å². The van der Waals surface area contributed by atoms with Crippen LogP contribution in [0, 0.1) is 6.92 Å². The molecule has 4 aromatic rings. The highest BCUT2D eigenvalue weighted by molar-refractivity contribution is 7.81. The average molecular weight is 539 g/mol. The van der Waals surface area contributed by atoms with Crippen molar-refractivity contribution < 1.29 is 14.3 Å². The van der Waals surface area contributed by atoms with Crippen molar-refractivity contribution in [1.29, 1.82) is 0 Å². The number of rotatable bonds is 6. The lowest BCUT2D eigenvalue weighted by atomic mass is 10.0. The van der Waals surface area contributed by atoms with Gasteiger partial charge in [-0.3, -0.25) is 19.4 Å². The maximum absolute atomic E-state index is 13.6. The Morgan fingerprint density at radius 3 is 1.87 bits per heavy atom. The Kier molecular flexibility index (Phi) is 7.36. The summed E-state index contributed by atoms with van der Waals surface area (Å²) in [7, 11) is 0. The SMILES string of the molecule is Cc1ccc(COc2ccc(C=C3C(=O)N(c4ccccc4)C(=S)N(c4ccccc4)C3=O)cc2Cl)cc1. The van der Waals surface area contributed by atoms with Gasteiger partial charge in [-0.25, -0.2) is 0 Å². The number of thiocarbonyl (C=S) groups is 1. The zero-order chi connectivity index (χ0) is 26.6. The Balaban J connectivity index is 1.47. The number of para-hydroxylation sites is 2. The molecule has 0 aliphatic carbocycles. The van der Waals surface area contributed by atoms with Crippen LogP contribution in [0.1, 0.15) is 16.7 Å². The molecule has 0 N–H and O–H groups in total. The fourth-order valence-corrected chi connectivity index (χ4v) is 4.70. The molecule has 0 aromatic heterocycles. The highest BCUT2D eigenvalue weighted by Gasteiger charge is 2.41. The summed E-state index contributed by atoms with van der Waals surface area (Å²) >= 11 is 12.2. The van der Waals surface area contributed by atoms with Gasteiger partial charge in [0.05, 0.1) is 16.4 Å². The topological polar surface area (TPSA) is 49.9 Å². The van der Waals surface area contributed by atoms with Crippen molar-refractivity contribution in [1.82, 2.24) is 0 Å². The smallest absolute Gasteiger partial charge is 0.270 e. The normalized spacial score (nSPS) is 13.6. The zero-order valence-corrected chi connectivity index (χ0v) is 22.1. The number of carbonyl (C=O) groups is 2. The molecule has 38 heavy (non-hydrogen) atoms. The van der Waals surface area contributed by atoms with E-state index in [1.54, 1.807) is 42.5 Å². The van der Waals surface area contributed by atoms with E-state index in [1.807, 2.05) is 67.6 Å². The monoisotopic (exact) mass is 538 g/mol. The van der Waals surface area contributed by atoms with Crippen LogP contribution >= 0.6 is 23.8 Å². The second kappa shape index (κ2) is 11.0. The molecule has 1 fully saturated rings. The van der Waals surface area contributed by atoms with Crippen LogP contribution in [0.3, 0.4) is 0 Å². The predicted molar refractivity (Wildman–Crippen MR) is 155 cm³/mol. The number of hydrogen-bond donors (Lipinski definition) is 0. The van der Waals surface area contributed by atoms with Crippen molar-refractivity contribution in [3.8, 4) is 5.75 Å². The number of benzene rings is 4. The predicted octanol–water partition coefficient (Wildman–Crippen LogP) is 6.98. The summed E-state index contributed by atoms with van der Waals surface area (Å²) < 4.78 is 5.89. The number of ether oxygens (including phenoxy) is 1. The Hall–Kier alpha value is -4.26. The molecule has 0 atom stereocenters. The third kappa shape index (κ3) is 5.23. The van der Waals surface area contributed by atoms with Gasteiger partial charge in [-0.05, 0) is 72.7 Å². The van der Waals surface area contributed by atoms with Gasteiger partial charge in [-0.15, -0.1) is 0 Å². The first kappa shape index (κ1) is 25.4. The number of anilines is 2. The van der Waals surface area contributed by atoms with E-state index in [0.29, 0.717) is 34.3 Å². The van der Waals surface area contributed by atoms with Crippen LogP contribution in [0.5, 0.6) is 5.75 Å². The second-order valence-corrected chi connectivity index (χ2v) is 9.53. The molecule has 1 aliphatic rings. The van der Waals surface area contributed by atoms with Crippen LogP contribution in [0.25, 0.3) is 6.08 Å². The Morgan fingerprint density at radius 1 is 0.789 bits per heavy atom. The average Bonchev–Trinajstić information content (AvgIpc) is 2.93. The van der Waals surface area contributed by atoms with E-state index in [2.05, 4.69) is 0 Å². The summed E-state index contributed by atoms with van der Waals surface area (Å²) in [6.07, 6.45) is 1.54. The van der Waals surface area contributed by atoms with Crippen molar-refractivity contribution in [3.63, 3.8) is 0 Å². The summed E-state index contributed by atoms with van der Waals surface area (Å²) in [6, 6.07) is 31.3. The maximum atomic E-state index is 13.6. The molecular formula is C31H23ClN2O3S. The van der Waals surface area contributed by atoms with E-state index in [9.17, 15) is 9.59 Å². The number of halogens is 1. The quantitative estimate of drug-likeness (QED) is 0.151. The van der Waals surface area contributed by atoms with Gasteiger partial charge in [0.15, 0.2) is 5.11 Å². The third-order valence-corrected chi connectivity index (χ3v) is 6.72. The zero-order valence-electron chi connectivity index (χ0n) is 20.5. The Labute approximate surface area is 231 Å². The van der Waals surface area contributed by atoms with Crippen molar-refractivity contribution >= 4 is 58.2 Å². The summed E-state index contributed by atoms with van der Waals surface area (Å²) in [5.41, 5.74) is 3.89. The fraction of sp³-hybridized carbons (Fsp3) is 0.0645. The number of amides is 2. The first-order valence-electron chi connectivity index (χ1n) is 11.9. The highest BCUT2D eigenvalue weighted by Crippen LogP contribution is 2.31. The first-order valence-corrected chi connectivity index (χ1v) is 12.7. The molecule has 0 spiro atoms.